The van der Waals surface area contributed by atoms with Crippen molar-refractivity contribution < 1.29 is 0 Å². The van der Waals surface area contributed by atoms with Gasteiger partial charge in [-0.25, -0.2) is 0 Å². The summed E-state index contributed by atoms with van der Waals surface area (Å²) in [6, 6.07) is 8.58. The smallest absolute Gasteiger partial charge is 0.0457 e. The number of likely N-dealkylation sites (tertiary alicyclic amines) is 1. The van der Waals surface area contributed by atoms with Crippen molar-refractivity contribution in [1.29, 1.82) is 0 Å². The molecule has 2 nitrogen and oxygen atoms in total. The Balaban J connectivity index is 1.80. The Morgan fingerprint density at radius 3 is 3.12 bits per heavy atom. The summed E-state index contributed by atoms with van der Waals surface area (Å²) in [6.45, 7) is 5.96. The van der Waals surface area contributed by atoms with E-state index in [2.05, 4.69) is 47.3 Å². The molecule has 1 aliphatic rings. The maximum absolute atomic E-state index is 3.36. The van der Waals surface area contributed by atoms with E-state index in [0.29, 0.717) is 0 Å². The number of hydrogen-bond donors (Lipinski definition) is 1. The third-order valence-electron chi connectivity index (χ3n) is 3.81. The van der Waals surface area contributed by atoms with Gasteiger partial charge in [-0.2, -0.15) is 0 Å². The quantitative estimate of drug-likeness (QED) is 0.834. The predicted molar refractivity (Wildman–Crippen MR) is 72.0 cm³/mol. The van der Waals surface area contributed by atoms with E-state index in [1.54, 1.807) is 0 Å². The van der Waals surface area contributed by atoms with Gasteiger partial charge in [0, 0.05) is 30.2 Å². The van der Waals surface area contributed by atoms with Crippen molar-refractivity contribution in [3.05, 3.63) is 36.0 Å². The van der Waals surface area contributed by atoms with Gasteiger partial charge in [-0.3, -0.25) is 4.90 Å². The standard InChI is InChI=1S/C15H20N2/c1-12-5-4-8-17(10-12)11-13-9-16-15-7-3-2-6-14(13)15/h2-3,6-7,9,12,16H,4-5,8,10-11H2,1H3. The maximum Gasteiger partial charge on any atom is 0.0457 e. The second kappa shape index (κ2) is 4.53. The third-order valence-corrected chi connectivity index (χ3v) is 3.81. The van der Waals surface area contributed by atoms with Gasteiger partial charge in [-0.1, -0.05) is 25.1 Å². The van der Waals surface area contributed by atoms with Crippen LogP contribution in [0, 0.1) is 5.92 Å². The van der Waals surface area contributed by atoms with Gasteiger partial charge in [0.2, 0.25) is 0 Å². The molecule has 0 aliphatic carbocycles. The number of benzene rings is 1. The van der Waals surface area contributed by atoms with Gasteiger partial charge in [0.1, 0.15) is 0 Å². The van der Waals surface area contributed by atoms with Gasteiger partial charge in [0.25, 0.3) is 0 Å². The van der Waals surface area contributed by atoms with Gasteiger partial charge < -0.3 is 4.98 Å². The number of aromatic amines is 1. The number of hydrogen-bond acceptors (Lipinski definition) is 1. The van der Waals surface area contributed by atoms with E-state index in [1.807, 2.05) is 0 Å². The first kappa shape index (κ1) is 10.8. The number of nitrogens with one attached hydrogen (secondary N) is 1. The van der Waals surface area contributed by atoms with Crippen molar-refractivity contribution in [3.8, 4) is 0 Å². The molecular formula is C15H20N2. The van der Waals surface area contributed by atoms with Crippen LogP contribution < -0.4 is 0 Å². The predicted octanol–water partition coefficient (Wildman–Crippen LogP) is 3.40. The monoisotopic (exact) mass is 228 g/mol. The minimum Gasteiger partial charge on any atom is -0.361 e. The molecule has 3 rings (SSSR count). The highest BCUT2D eigenvalue weighted by Crippen LogP contribution is 2.22. The Bertz CT molecular complexity index is 500. The lowest BCUT2D eigenvalue weighted by atomic mass is 10.00. The Morgan fingerprint density at radius 2 is 2.24 bits per heavy atom. The molecule has 1 saturated heterocycles. The number of fused-ring (bicyclic) bond motifs is 1. The molecule has 0 bridgehead atoms. The van der Waals surface area contributed by atoms with E-state index < -0.39 is 0 Å². The number of aromatic nitrogens is 1. The Labute approximate surface area is 103 Å². The Kier molecular flexibility index (Phi) is 2.89. The van der Waals surface area contributed by atoms with Crippen molar-refractivity contribution in [2.45, 2.75) is 26.3 Å². The molecule has 0 radical (unpaired) electrons. The summed E-state index contributed by atoms with van der Waals surface area (Å²) < 4.78 is 0. The van der Waals surface area contributed by atoms with Crippen LogP contribution in [0.1, 0.15) is 25.3 Å². The molecule has 0 spiro atoms. The van der Waals surface area contributed by atoms with Crippen LogP contribution in [0.5, 0.6) is 0 Å². The first-order chi connectivity index (χ1) is 8.33. The van der Waals surface area contributed by atoms with Crippen LogP contribution in [-0.4, -0.2) is 23.0 Å². The topological polar surface area (TPSA) is 19.0 Å². The lowest BCUT2D eigenvalue weighted by Gasteiger charge is -2.30. The zero-order valence-corrected chi connectivity index (χ0v) is 10.4. The highest BCUT2D eigenvalue weighted by Gasteiger charge is 2.17. The van der Waals surface area contributed by atoms with Gasteiger partial charge in [-0.15, -0.1) is 0 Å². The zero-order chi connectivity index (χ0) is 11.7. The summed E-state index contributed by atoms with van der Waals surface area (Å²) in [6.07, 6.45) is 4.91. The number of H-pyrrole nitrogens is 1. The number of nitrogens with zero attached hydrogens (tertiary/aromatic N) is 1. The molecule has 1 aliphatic heterocycles. The van der Waals surface area contributed by atoms with E-state index in [0.717, 1.165) is 12.5 Å². The summed E-state index contributed by atoms with van der Waals surface area (Å²) in [4.78, 5) is 5.95. The van der Waals surface area contributed by atoms with Gasteiger partial charge in [0.05, 0.1) is 0 Å². The Morgan fingerprint density at radius 1 is 1.35 bits per heavy atom. The van der Waals surface area contributed by atoms with Crippen molar-refractivity contribution in [2.24, 2.45) is 5.92 Å². The minimum absolute atomic E-state index is 0.856. The zero-order valence-electron chi connectivity index (χ0n) is 10.4. The molecule has 2 aromatic rings. The highest BCUT2D eigenvalue weighted by atomic mass is 15.1. The number of piperidine rings is 1. The van der Waals surface area contributed by atoms with Crippen molar-refractivity contribution >= 4 is 10.9 Å². The SMILES string of the molecule is CC1CCCN(Cc2c[nH]c3ccccc23)C1. The second-order valence-electron chi connectivity index (χ2n) is 5.34. The molecule has 1 aromatic heterocycles. The molecule has 0 amide bonds. The van der Waals surface area contributed by atoms with Crippen LogP contribution in [0.2, 0.25) is 0 Å². The molecule has 1 atom stereocenters. The van der Waals surface area contributed by atoms with Gasteiger partial charge in [-0.05, 0) is 36.9 Å². The average molecular weight is 228 g/mol. The lowest BCUT2D eigenvalue weighted by molar-refractivity contribution is 0.177. The molecule has 1 N–H and O–H groups in total. The molecule has 2 heterocycles. The number of para-hydroxylation sites is 1. The van der Waals surface area contributed by atoms with Crippen LogP contribution in [-0.2, 0) is 6.54 Å². The maximum atomic E-state index is 3.36. The average Bonchev–Trinajstić information content (AvgIpc) is 2.73. The van der Waals surface area contributed by atoms with E-state index in [1.165, 1.54) is 42.4 Å². The fraction of sp³-hybridized carbons (Fsp3) is 0.467. The van der Waals surface area contributed by atoms with E-state index >= 15 is 0 Å². The second-order valence-corrected chi connectivity index (χ2v) is 5.34. The molecule has 1 unspecified atom stereocenters. The van der Waals surface area contributed by atoms with Crippen molar-refractivity contribution in [2.75, 3.05) is 13.1 Å². The highest BCUT2D eigenvalue weighted by molar-refractivity contribution is 5.82. The van der Waals surface area contributed by atoms with E-state index in [-0.39, 0.29) is 0 Å². The van der Waals surface area contributed by atoms with Gasteiger partial charge >= 0.3 is 0 Å². The minimum atomic E-state index is 0.856. The largest absolute Gasteiger partial charge is 0.361 e. The summed E-state index contributed by atoms with van der Waals surface area (Å²) >= 11 is 0. The van der Waals surface area contributed by atoms with Crippen molar-refractivity contribution in [3.63, 3.8) is 0 Å². The summed E-state index contributed by atoms with van der Waals surface area (Å²) in [5, 5.41) is 1.38. The van der Waals surface area contributed by atoms with Crippen LogP contribution in [0.15, 0.2) is 30.5 Å². The van der Waals surface area contributed by atoms with E-state index in [4.69, 9.17) is 0 Å². The van der Waals surface area contributed by atoms with Crippen LogP contribution >= 0.6 is 0 Å². The van der Waals surface area contributed by atoms with Crippen LogP contribution in [0.3, 0.4) is 0 Å². The van der Waals surface area contributed by atoms with Crippen LogP contribution in [0.25, 0.3) is 10.9 Å². The molecule has 1 aromatic carbocycles. The molecule has 17 heavy (non-hydrogen) atoms. The fourth-order valence-corrected chi connectivity index (χ4v) is 2.93. The summed E-state index contributed by atoms with van der Waals surface area (Å²) in [5.41, 5.74) is 2.70. The molecular weight excluding hydrogens is 208 g/mol. The van der Waals surface area contributed by atoms with E-state index in [9.17, 15) is 0 Å². The third kappa shape index (κ3) is 2.22. The molecule has 1 fully saturated rings. The Hall–Kier alpha value is -1.28. The first-order valence-corrected chi connectivity index (χ1v) is 6.60. The van der Waals surface area contributed by atoms with Crippen molar-refractivity contribution in [1.82, 2.24) is 9.88 Å². The molecule has 90 valence electrons. The first-order valence-electron chi connectivity index (χ1n) is 6.60. The summed E-state index contributed by atoms with van der Waals surface area (Å²) in [5.74, 6) is 0.856. The van der Waals surface area contributed by atoms with Crippen LogP contribution in [0.4, 0.5) is 0 Å². The van der Waals surface area contributed by atoms with Gasteiger partial charge in [0.15, 0.2) is 0 Å². The fourth-order valence-electron chi connectivity index (χ4n) is 2.93. The summed E-state index contributed by atoms with van der Waals surface area (Å²) in [7, 11) is 0. The molecule has 2 heteroatoms. The normalized spacial score (nSPS) is 22.1. The number of rotatable bonds is 2. The lowest BCUT2D eigenvalue weighted by Crippen LogP contribution is -2.33. The molecule has 0 saturated carbocycles.